The molecule has 0 bridgehead atoms. The summed E-state index contributed by atoms with van der Waals surface area (Å²) in [5.41, 5.74) is 0.902. The highest BCUT2D eigenvalue weighted by molar-refractivity contribution is 14.1. The van der Waals surface area contributed by atoms with Gasteiger partial charge in [0.25, 0.3) is 0 Å². The molecule has 0 saturated heterocycles. The number of nitrogens with one attached hydrogen (secondary N) is 1. The summed E-state index contributed by atoms with van der Waals surface area (Å²) in [7, 11) is 0. The first-order valence-electron chi connectivity index (χ1n) is 5.23. The number of carbonyl (C=O) groups is 1. The standard InChI is InChI=1S/C12H14INO/c1-8(9-5-6-9)12(15)14-11-4-2-3-10(13)7-11/h2-4,7-9H,5-6H2,1H3,(H,14,15). The molecule has 1 unspecified atom stereocenters. The van der Waals surface area contributed by atoms with Crippen LogP contribution >= 0.6 is 22.6 Å². The Labute approximate surface area is 104 Å². The highest BCUT2D eigenvalue weighted by atomic mass is 127. The van der Waals surface area contributed by atoms with E-state index in [1.54, 1.807) is 0 Å². The number of amides is 1. The number of halogens is 1. The van der Waals surface area contributed by atoms with Crippen molar-refractivity contribution in [3.05, 3.63) is 27.8 Å². The molecule has 15 heavy (non-hydrogen) atoms. The second-order valence-electron chi connectivity index (χ2n) is 4.13. The van der Waals surface area contributed by atoms with Crippen molar-refractivity contribution in [2.45, 2.75) is 19.8 Å². The van der Waals surface area contributed by atoms with Gasteiger partial charge in [-0.2, -0.15) is 0 Å². The average Bonchev–Trinajstić information content (AvgIpc) is 2.99. The Hall–Kier alpha value is -0.580. The normalized spacial score (nSPS) is 17.2. The van der Waals surface area contributed by atoms with Crippen LogP contribution in [-0.4, -0.2) is 5.91 Å². The fourth-order valence-electron chi connectivity index (χ4n) is 1.63. The third kappa shape index (κ3) is 2.93. The van der Waals surface area contributed by atoms with Crippen LogP contribution in [-0.2, 0) is 4.79 Å². The first-order chi connectivity index (χ1) is 7.16. The molecular weight excluding hydrogens is 301 g/mol. The van der Waals surface area contributed by atoms with Gasteiger partial charge in [0.2, 0.25) is 5.91 Å². The molecular formula is C12H14INO. The molecule has 1 aliphatic carbocycles. The van der Waals surface area contributed by atoms with Crippen molar-refractivity contribution < 1.29 is 4.79 Å². The SMILES string of the molecule is CC(C(=O)Nc1cccc(I)c1)C1CC1. The van der Waals surface area contributed by atoms with Crippen LogP contribution in [0.2, 0.25) is 0 Å². The molecule has 3 heteroatoms. The van der Waals surface area contributed by atoms with Crippen molar-refractivity contribution in [3.63, 3.8) is 0 Å². The van der Waals surface area contributed by atoms with Crippen molar-refractivity contribution >= 4 is 34.2 Å². The highest BCUT2D eigenvalue weighted by Crippen LogP contribution is 2.37. The summed E-state index contributed by atoms with van der Waals surface area (Å²) in [5.74, 6) is 0.926. The Morgan fingerprint density at radius 3 is 2.87 bits per heavy atom. The smallest absolute Gasteiger partial charge is 0.227 e. The minimum Gasteiger partial charge on any atom is -0.326 e. The lowest BCUT2D eigenvalue weighted by Crippen LogP contribution is -2.21. The number of anilines is 1. The summed E-state index contributed by atoms with van der Waals surface area (Å²) in [6, 6.07) is 7.89. The van der Waals surface area contributed by atoms with Crippen LogP contribution in [0.4, 0.5) is 5.69 Å². The third-order valence-electron chi connectivity index (χ3n) is 2.83. The first kappa shape index (κ1) is 10.9. The summed E-state index contributed by atoms with van der Waals surface area (Å²) >= 11 is 2.24. The van der Waals surface area contributed by atoms with E-state index in [2.05, 4.69) is 27.9 Å². The Balaban J connectivity index is 1.98. The maximum absolute atomic E-state index is 11.8. The van der Waals surface area contributed by atoms with E-state index in [1.807, 2.05) is 31.2 Å². The number of carbonyl (C=O) groups excluding carboxylic acids is 1. The lowest BCUT2D eigenvalue weighted by atomic mass is 10.1. The molecule has 1 fully saturated rings. The summed E-state index contributed by atoms with van der Waals surface area (Å²) in [5, 5.41) is 2.96. The molecule has 0 radical (unpaired) electrons. The predicted molar refractivity (Wildman–Crippen MR) is 69.7 cm³/mol. The van der Waals surface area contributed by atoms with Crippen LogP contribution in [0.5, 0.6) is 0 Å². The van der Waals surface area contributed by atoms with E-state index in [0.29, 0.717) is 5.92 Å². The number of hydrogen-bond acceptors (Lipinski definition) is 1. The Morgan fingerprint density at radius 2 is 2.27 bits per heavy atom. The van der Waals surface area contributed by atoms with Crippen molar-refractivity contribution in [2.75, 3.05) is 5.32 Å². The van der Waals surface area contributed by atoms with E-state index in [4.69, 9.17) is 0 Å². The van der Waals surface area contributed by atoms with Crippen molar-refractivity contribution in [3.8, 4) is 0 Å². The van der Waals surface area contributed by atoms with Gasteiger partial charge in [0.15, 0.2) is 0 Å². The average molecular weight is 315 g/mol. The monoisotopic (exact) mass is 315 g/mol. The van der Waals surface area contributed by atoms with E-state index in [0.717, 1.165) is 9.26 Å². The van der Waals surface area contributed by atoms with Crippen molar-refractivity contribution in [1.29, 1.82) is 0 Å². The number of hydrogen-bond donors (Lipinski definition) is 1. The molecule has 0 spiro atoms. The largest absolute Gasteiger partial charge is 0.326 e. The van der Waals surface area contributed by atoms with Crippen LogP contribution in [0.3, 0.4) is 0 Å². The van der Waals surface area contributed by atoms with Crippen LogP contribution < -0.4 is 5.32 Å². The van der Waals surface area contributed by atoms with Crippen molar-refractivity contribution in [2.24, 2.45) is 11.8 Å². The Kier molecular flexibility index (Phi) is 3.29. The lowest BCUT2D eigenvalue weighted by molar-refractivity contribution is -0.119. The minimum atomic E-state index is 0.152. The van der Waals surface area contributed by atoms with Crippen LogP contribution in [0.25, 0.3) is 0 Å². The first-order valence-corrected chi connectivity index (χ1v) is 6.31. The highest BCUT2D eigenvalue weighted by Gasteiger charge is 2.32. The van der Waals surface area contributed by atoms with E-state index < -0.39 is 0 Å². The van der Waals surface area contributed by atoms with E-state index in [9.17, 15) is 4.79 Å². The molecule has 1 aromatic carbocycles. The molecule has 1 saturated carbocycles. The van der Waals surface area contributed by atoms with Crippen LogP contribution in [0.15, 0.2) is 24.3 Å². The van der Waals surface area contributed by atoms with Gasteiger partial charge in [-0.05, 0) is 59.5 Å². The van der Waals surface area contributed by atoms with Gasteiger partial charge in [-0.3, -0.25) is 4.79 Å². The molecule has 2 rings (SSSR count). The quantitative estimate of drug-likeness (QED) is 0.852. The van der Waals surface area contributed by atoms with Gasteiger partial charge in [0.05, 0.1) is 0 Å². The van der Waals surface area contributed by atoms with Gasteiger partial charge >= 0.3 is 0 Å². The second kappa shape index (κ2) is 4.51. The lowest BCUT2D eigenvalue weighted by Gasteiger charge is -2.11. The summed E-state index contributed by atoms with van der Waals surface area (Å²) < 4.78 is 1.14. The second-order valence-corrected chi connectivity index (χ2v) is 5.37. The molecule has 1 atom stereocenters. The minimum absolute atomic E-state index is 0.152. The predicted octanol–water partition coefficient (Wildman–Crippen LogP) is 3.28. The van der Waals surface area contributed by atoms with Crippen molar-refractivity contribution in [1.82, 2.24) is 0 Å². The number of rotatable bonds is 3. The zero-order valence-electron chi connectivity index (χ0n) is 8.66. The Morgan fingerprint density at radius 1 is 1.53 bits per heavy atom. The Bertz CT molecular complexity index is 374. The molecule has 0 aromatic heterocycles. The number of benzene rings is 1. The summed E-state index contributed by atoms with van der Waals surface area (Å²) in [6.07, 6.45) is 2.42. The van der Waals surface area contributed by atoms with E-state index in [1.165, 1.54) is 12.8 Å². The zero-order chi connectivity index (χ0) is 10.8. The van der Waals surface area contributed by atoms with Gasteiger partial charge < -0.3 is 5.32 Å². The van der Waals surface area contributed by atoms with E-state index >= 15 is 0 Å². The molecule has 0 heterocycles. The van der Waals surface area contributed by atoms with Gasteiger partial charge in [0.1, 0.15) is 0 Å². The topological polar surface area (TPSA) is 29.1 Å². The maximum Gasteiger partial charge on any atom is 0.227 e. The molecule has 1 aliphatic rings. The third-order valence-corrected chi connectivity index (χ3v) is 3.51. The van der Waals surface area contributed by atoms with E-state index in [-0.39, 0.29) is 11.8 Å². The van der Waals surface area contributed by atoms with Gasteiger partial charge in [0, 0.05) is 15.2 Å². The summed E-state index contributed by atoms with van der Waals surface area (Å²) in [6.45, 7) is 2.01. The summed E-state index contributed by atoms with van der Waals surface area (Å²) in [4.78, 5) is 11.8. The maximum atomic E-state index is 11.8. The molecule has 1 amide bonds. The van der Waals surface area contributed by atoms with Gasteiger partial charge in [-0.15, -0.1) is 0 Å². The fraction of sp³-hybridized carbons (Fsp3) is 0.417. The molecule has 1 aromatic rings. The van der Waals surface area contributed by atoms with Crippen LogP contribution in [0, 0.1) is 15.4 Å². The van der Waals surface area contributed by atoms with Crippen LogP contribution in [0.1, 0.15) is 19.8 Å². The molecule has 0 aliphatic heterocycles. The molecule has 1 N–H and O–H groups in total. The molecule has 80 valence electrons. The zero-order valence-corrected chi connectivity index (χ0v) is 10.8. The molecule has 2 nitrogen and oxygen atoms in total. The van der Waals surface area contributed by atoms with Gasteiger partial charge in [-0.1, -0.05) is 13.0 Å². The van der Waals surface area contributed by atoms with Gasteiger partial charge in [-0.25, -0.2) is 0 Å². The fourth-order valence-corrected chi connectivity index (χ4v) is 2.18.